The van der Waals surface area contributed by atoms with Gasteiger partial charge in [-0.25, -0.2) is 9.59 Å². The summed E-state index contributed by atoms with van der Waals surface area (Å²) in [4.78, 5) is 21.9. The number of ether oxygens (including phenoxy) is 1. The van der Waals surface area contributed by atoms with Crippen molar-refractivity contribution in [1.82, 2.24) is 0 Å². The van der Waals surface area contributed by atoms with Gasteiger partial charge in [0.1, 0.15) is 0 Å². The summed E-state index contributed by atoms with van der Waals surface area (Å²) in [6, 6.07) is 5.04. The molecule has 0 bridgehead atoms. The summed E-state index contributed by atoms with van der Waals surface area (Å²) in [6.07, 6.45) is 0. The van der Waals surface area contributed by atoms with E-state index in [0.29, 0.717) is 11.1 Å². The molecule has 0 unspecified atom stereocenters. The minimum Gasteiger partial charge on any atom is -0.386 e. The second kappa shape index (κ2) is 8.44. The van der Waals surface area contributed by atoms with E-state index >= 15 is 0 Å². The monoisotopic (exact) mass is 242 g/mol. The number of rotatable bonds is 0. The van der Waals surface area contributed by atoms with Crippen LogP contribution in [-0.2, 0) is 4.74 Å². The molecule has 0 saturated carbocycles. The molecule has 0 N–H and O–H groups in total. The van der Waals surface area contributed by atoms with Gasteiger partial charge in [0.25, 0.3) is 0 Å². The Morgan fingerprint density at radius 2 is 1.35 bits per heavy atom. The molecule has 96 valence electrons. The number of hydrogen-bond acceptors (Lipinski definition) is 3. The summed E-state index contributed by atoms with van der Waals surface area (Å²) in [5, 5.41) is 0. The molecular weight excluding hydrogens is 223 g/mol. The highest BCUT2D eigenvalue weighted by Gasteiger charge is 2.28. The standard InChI is InChI=1S/C9H6O3.2C2H6.FH/c1-5-2-3-6-7(4-5)9(11)12-8(6)10;2*1-2;/h2-4H,1H3;2*1-2H3;1H. The Hall–Kier alpha value is -1.71. The molecule has 0 aliphatic carbocycles. The van der Waals surface area contributed by atoms with Gasteiger partial charge in [-0.3, -0.25) is 4.70 Å². The van der Waals surface area contributed by atoms with Crippen LogP contribution >= 0.6 is 0 Å². The molecule has 0 amide bonds. The smallest absolute Gasteiger partial charge is 0.346 e. The lowest BCUT2D eigenvalue weighted by molar-refractivity contribution is 0.0444. The van der Waals surface area contributed by atoms with Crippen LogP contribution in [0.25, 0.3) is 0 Å². The SMILES string of the molecule is CC.CC.Cc1ccc2c(c1)C(=O)OC2=O.F. The van der Waals surface area contributed by atoms with E-state index in [1.165, 1.54) is 0 Å². The number of halogens is 1. The Morgan fingerprint density at radius 1 is 0.882 bits per heavy atom. The van der Waals surface area contributed by atoms with Gasteiger partial charge in [-0.15, -0.1) is 0 Å². The number of esters is 2. The highest BCUT2D eigenvalue weighted by Crippen LogP contribution is 2.20. The average molecular weight is 242 g/mol. The van der Waals surface area contributed by atoms with Crippen LogP contribution in [0.4, 0.5) is 4.70 Å². The van der Waals surface area contributed by atoms with Crippen molar-refractivity contribution in [2.75, 3.05) is 0 Å². The Bertz CT molecular complexity index is 386. The van der Waals surface area contributed by atoms with Crippen LogP contribution < -0.4 is 0 Å². The highest BCUT2D eigenvalue weighted by molar-refractivity contribution is 6.14. The largest absolute Gasteiger partial charge is 0.386 e. The molecule has 0 spiro atoms. The van der Waals surface area contributed by atoms with Gasteiger partial charge in [0.05, 0.1) is 11.1 Å². The van der Waals surface area contributed by atoms with Crippen molar-refractivity contribution < 1.29 is 19.0 Å². The normalized spacial score (nSPS) is 10.9. The van der Waals surface area contributed by atoms with E-state index in [1.54, 1.807) is 18.2 Å². The Morgan fingerprint density at radius 3 is 1.88 bits per heavy atom. The topological polar surface area (TPSA) is 43.4 Å². The molecule has 2 rings (SSSR count). The fraction of sp³-hybridized carbons (Fsp3) is 0.385. The lowest BCUT2D eigenvalue weighted by Gasteiger charge is -1.92. The summed E-state index contributed by atoms with van der Waals surface area (Å²) in [7, 11) is 0. The van der Waals surface area contributed by atoms with Crippen molar-refractivity contribution in [3.05, 3.63) is 34.9 Å². The van der Waals surface area contributed by atoms with Crippen molar-refractivity contribution >= 4 is 11.9 Å². The van der Waals surface area contributed by atoms with Crippen LogP contribution in [0.5, 0.6) is 0 Å². The summed E-state index contributed by atoms with van der Waals surface area (Å²) in [5.41, 5.74) is 1.69. The summed E-state index contributed by atoms with van der Waals surface area (Å²) >= 11 is 0. The van der Waals surface area contributed by atoms with Crippen LogP contribution in [0.15, 0.2) is 18.2 Å². The molecule has 0 aromatic heterocycles. The first-order chi connectivity index (χ1) is 7.68. The van der Waals surface area contributed by atoms with Crippen LogP contribution in [0.3, 0.4) is 0 Å². The molecule has 0 saturated heterocycles. The number of aryl methyl sites for hydroxylation is 1. The van der Waals surface area contributed by atoms with E-state index < -0.39 is 11.9 Å². The second-order valence-electron chi connectivity index (χ2n) is 2.73. The van der Waals surface area contributed by atoms with Gasteiger partial charge in [-0.05, 0) is 19.1 Å². The Kier molecular flexibility index (Phi) is 8.78. The van der Waals surface area contributed by atoms with Crippen LogP contribution in [0.1, 0.15) is 54.0 Å². The van der Waals surface area contributed by atoms with Crippen molar-refractivity contribution in [2.24, 2.45) is 0 Å². The molecule has 17 heavy (non-hydrogen) atoms. The zero-order chi connectivity index (χ0) is 12.7. The molecule has 3 nitrogen and oxygen atoms in total. The van der Waals surface area contributed by atoms with Crippen LogP contribution in [0.2, 0.25) is 0 Å². The molecular formula is C13H19FO3. The Balaban J connectivity index is 0. The first-order valence-corrected chi connectivity index (χ1v) is 5.55. The predicted octanol–water partition coefficient (Wildman–Crippen LogP) is 3.51. The van der Waals surface area contributed by atoms with Crippen molar-refractivity contribution in [1.29, 1.82) is 0 Å². The zero-order valence-electron chi connectivity index (χ0n) is 10.9. The molecule has 1 heterocycles. The van der Waals surface area contributed by atoms with Gasteiger partial charge in [0.2, 0.25) is 0 Å². The summed E-state index contributed by atoms with van der Waals surface area (Å²) in [6.45, 7) is 9.86. The van der Waals surface area contributed by atoms with E-state index in [-0.39, 0.29) is 4.70 Å². The van der Waals surface area contributed by atoms with Crippen LogP contribution in [0, 0.1) is 6.92 Å². The minimum absolute atomic E-state index is 0. The number of carbonyl (C=O) groups is 2. The van der Waals surface area contributed by atoms with Gasteiger partial charge in [0.15, 0.2) is 0 Å². The van der Waals surface area contributed by atoms with E-state index in [9.17, 15) is 9.59 Å². The molecule has 0 atom stereocenters. The molecule has 4 heteroatoms. The van der Waals surface area contributed by atoms with E-state index in [2.05, 4.69) is 4.74 Å². The first kappa shape index (κ1) is 17.7. The van der Waals surface area contributed by atoms with Gasteiger partial charge >= 0.3 is 11.9 Å². The third kappa shape index (κ3) is 3.98. The van der Waals surface area contributed by atoms with E-state index in [1.807, 2.05) is 34.6 Å². The molecule has 1 aliphatic heterocycles. The van der Waals surface area contributed by atoms with E-state index in [0.717, 1.165) is 5.56 Å². The van der Waals surface area contributed by atoms with E-state index in [4.69, 9.17) is 0 Å². The quantitative estimate of drug-likeness (QED) is 0.516. The number of cyclic esters (lactones) is 2. The average Bonchev–Trinajstić information content (AvgIpc) is 2.60. The maximum Gasteiger partial charge on any atom is 0.346 e. The highest BCUT2D eigenvalue weighted by atomic mass is 19.0. The van der Waals surface area contributed by atoms with Crippen molar-refractivity contribution in [3.8, 4) is 0 Å². The fourth-order valence-electron chi connectivity index (χ4n) is 1.20. The third-order valence-electron chi connectivity index (χ3n) is 1.80. The minimum atomic E-state index is -0.546. The maximum absolute atomic E-state index is 11.0. The maximum atomic E-state index is 11.0. The van der Waals surface area contributed by atoms with Gasteiger partial charge < -0.3 is 4.74 Å². The van der Waals surface area contributed by atoms with Crippen LogP contribution in [-0.4, -0.2) is 11.9 Å². The Labute approximate surface area is 101 Å². The number of hydrogen-bond donors (Lipinski definition) is 0. The second-order valence-corrected chi connectivity index (χ2v) is 2.73. The molecule has 1 aromatic carbocycles. The summed E-state index contributed by atoms with van der Waals surface area (Å²) in [5.74, 6) is -1.09. The number of fused-ring (bicyclic) bond motifs is 1. The molecule has 1 aliphatic rings. The molecule has 0 radical (unpaired) electrons. The number of carbonyl (C=O) groups excluding carboxylic acids is 2. The van der Waals surface area contributed by atoms with Gasteiger partial charge in [-0.2, -0.15) is 0 Å². The van der Waals surface area contributed by atoms with Gasteiger partial charge in [-0.1, -0.05) is 39.3 Å². The lowest BCUT2D eigenvalue weighted by atomic mass is 10.1. The first-order valence-electron chi connectivity index (χ1n) is 5.55. The fourth-order valence-corrected chi connectivity index (χ4v) is 1.20. The molecule has 0 fully saturated rings. The van der Waals surface area contributed by atoms with Crippen molar-refractivity contribution in [3.63, 3.8) is 0 Å². The third-order valence-corrected chi connectivity index (χ3v) is 1.80. The molecule has 1 aromatic rings. The lowest BCUT2D eigenvalue weighted by Crippen LogP contribution is -1.96. The predicted molar refractivity (Wildman–Crippen MR) is 66.1 cm³/mol. The van der Waals surface area contributed by atoms with Crippen molar-refractivity contribution in [2.45, 2.75) is 34.6 Å². The zero-order valence-corrected chi connectivity index (χ0v) is 10.9. The summed E-state index contributed by atoms with van der Waals surface area (Å²) < 4.78 is 4.41. The number of benzene rings is 1. The van der Waals surface area contributed by atoms with Gasteiger partial charge in [0, 0.05) is 0 Å².